The molecule has 20 heavy (non-hydrogen) atoms. The highest BCUT2D eigenvalue weighted by Crippen LogP contribution is 2.27. The maximum Gasteiger partial charge on any atom is 0.0946 e. The average Bonchev–Trinajstić information content (AvgIpc) is 3.00. The lowest BCUT2D eigenvalue weighted by Crippen LogP contribution is -2.09. The fourth-order valence-corrected chi connectivity index (χ4v) is 2.52. The van der Waals surface area contributed by atoms with E-state index >= 15 is 0 Å². The number of benzene rings is 2. The quantitative estimate of drug-likeness (QED) is 0.695. The summed E-state index contributed by atoms with van der Waals surface area (Å²) in [5, 5.41) is 0.767. The molecule has 0 saturated heterocycles. The molecule has 3 aromatic rings. The smallest absolute Gasteiger partial charge is 0.0946 e. The monoisotopic (exact) mass is 282 g/mol. The van der Waals surface area contributed by atoms with Gasteiger partial charge in [-0.2, -0.15) is 0 Å². The summed E-state index contributed by atoms with van der Waals surface area (Å²) in [4.78, 5) is 4.12. The number of imidazole rings is 1. The summed E-state index contributed by atoms with van der Waals surface area (Å²) in [6, 6.07) is 18.6. The zero-order valence-corrected chi connectivity index (χ0v) is 11.7. The Balaban J connectivity index is 1.97. The highest BCUT2D eigenvalue weighted by atomic mass is 35.5. The van der Waals surface area contributed by atoms with E-state index in [0.717, 1.165) is 11.6 Å². The summed E-state index contributed by atoms with van der Waals surface area (Å²) >= 11 is 5.99. The van der Waals surface area contributed by atoms with Gasteiger partial charge in [-0.1, -0.05) is 54.1 Å². The molecule has 0 aliphatic heterocycles. The van der Waals surface area contributed by atoms with Crippen LogP contribution in [0, 0.1) is 0 Å². The highest BCUT2D eigenvalue weighted by Gasteiger charge is 2.14. The van der Waals surface area contributed by atoms with Crippen LogP contribution in [0.1, 0.15) is 17.0 Å². The van der Waals surface area contributed by atoms with E-state index in [1.807, 2.05) is 36.9 Å². The molecule has 0 aliphatic carbocycles. The van der Waals surface area contributed by atoms with E-state index in [1.54, 1.807) is 0 Å². The Hall–Kier alpha value is -2.06. The second-order valence-electron chi connectivity index (χ2n) is 4.77. The first kappa shape index (κ1) is 12.9. The van der Waals surface area contributed by atoms with Crippen LogP contribution in [-0.4, -0.2) is 9.55 Å². The van der Waals surface area contributed by atoms with Crippen LogP contribution in [0.5, 0.6) is 0 Å². The summed E-state index contributed by atoms with van der Waals surface area (Å²) < 4.78 is 2.10. The largest absolute Gasteiger partial charge is 0.337 e. The van der Waals surface area contributed by atoms with Gasteiger partial charge < -0.3 is 4.57 Å². The van der Waals surface area contributed by atoms with Crippen molar-refractivity contribution in [3.05, 3.63) is 89.5 Å². The molecule has 0 amide bonds. The lowest BCUT2D eigenvalue weighted by Gasteiger charge is -2.18. The van der Waals surface area contributed by atoms with Crippen molar-refractivity contribution in [3.63, 3.8) is 0 Å². The van der Waals surface area contributed by atoms with Gasteiger partial charge in [-0.3, -0.25) is 0 Å². The zero-order valence-electron chi connectivity index (χ0n) is 11.0. The standard InChI is InChI=1S/C17H15ClN2/c18-16-8-6-15(7-9-16)17(12-20-11-10-19-13-20)14-4-2-1-3-5-14/h1-11,13,17H,12H2. The van der Waals surface area contributed by atoms with Crippen molar-refractivity contribution in [2.24, 2.45) is 0 Å². The topological polar surface area (TPSA) is 17.8 Å². The van der Waals surface area contributed by atoms with Gasteiger partial charge in [0.15, 0.2) is 0 Å². The molecule has 0 aliphatic rings. The van der Waals surface area contributed by atoms with Crippen LogP contribution in [0.2, 0.25) is 5.02 Å². The number of hydrogen-bond acceptors (Lipinski definition) is 1. The van der Waals surface area contributed by atoms with Gasteiger partial charge in [0.1, 0.15) is 0 Å². The Morgan fingerprint density at radius 1 is 0.950 bits per heavy atom. The second kappa shape index (κ2) is 5.93. The van der Waals surface area contributed by atoms with Crippen molar-refractivity contribution in [1.82, 2.24) is 9.55 Å². The van der Waals surface area contributed by atoms with E-state index in [-0.39, 0.29) is 0 Å². The van der Waals surface area contributed by atoms with Crippen molar-refractivity contribution < 1.29 is 0 Å². The van der Waals surface area contributed by atoms with Crippen LogP contribution in [0.25, 0.3) is 0 Å². The van der Waals surface area contributed by atoms with Gasteiger partial charge in [0.25, 0.3) is 0 Å². The first-order valence-electron chi connectivity index (χ1n) is 6.59. The predicted octanol–water partition coefficient (Wildman–Crippen LogP) is 4.37. The second-order valence-corrected chi connectivity index (χ2v) is 5.21. The molecule has 0 spiro atoms. The van der Waals surface area contributed by atoms with Crippen LogP contribution in [-0.2, 0) is 6.54 Å². The Morgan fingerprint density at radius 2 is 1.65 bits per heavy atom. The summed E-state index contributed by atoms with van der Waals surface area (Å²) in [7, 11) is 0. The third kappa shape index (κ3) is 2.91. The lowest BCUT2D eigenvalue weighted by atomic mass is 9.91. The third-order valence-corrected chi connectivity index (χ3v) is 3.68. The molecule has 1 aromatic heterocycles. The highest BCUT2D eigenvalue weighted by molar-refractivity contribution is 6.30. The molecule has 0 fully saturated rings. The number of rotatable bonds is 4. The van der Waals surface area contributed by atoms with Crippen molar-refractivity contribution in [3.8, 4) is 0 Å². The van der Waals surface area contributed by atoms with Crippen molar-refractivity contribution in [2.75, 3.05) is 0 Å². The minimum absolute atomic E-state index is 0.294. The van der Waals surface area contributed by atoms with E-state index < -0.39 is 0 Å². The van der Waals surface area contributed by atoms with Gasteiger partial charge in [0, 0.05) is 29.9 Å². The van der Waals surface area contributed by atoms with Crippen molar-refractivity contribution in [1.29, 1.82) is 0 Å². The molecule has 2 aromatic carbocycles. The molecular formula is C17H15ClN2. The average molecular weight is 283 g/mol. The summed E-state index contributed by atoms with van der Waals surface area (Å²) in [5.41, 5.74) is 2.55. The van der Waals surface area contributed by atoms with E-state index in [9.17, 15) is 0 Å². The summed E-state index contributed by atoms with van der Waals surface area (Å²) in [6.45, 7) is 0.867. The Morgan fingerprint density at radius 3 is 2.30 bits per heavy atom. The molecule has 3 heteroatoms. The third-order valence-electron chi connectivity index (χ3n) is 3.43. The molecule has 1 atom stereocenters. The van der Waals surface area contributed by atoms with E-state index in [0.29, 0.717) is 5.92 Å². The molecule has 0 radical (unpaired) electrons. The molecule has 100 valence electrons. The van der Waals surface area contributed by atoms with Crippen LogP contribution >= 0.6 is 11.6 Å². The number of halogens is 1. The summed E-state index contributed by atoms with van der Waals surface area (Å²) in [6.07, 6.45) is 5.65. The van der Waals surface area contributed by atoms with Gasteiger partial charge in [-0.05, 0) is 23.3 Å². The van der Waals surface area contributed by atoms with Crippen LogP contribution in [0.15, 0.2) is 73.3 Å². The van der Waals surface area contributed by atoms with Crippen LogP contribution in [0.3, 0.4) is 0 Å². The molecule has 0 saturated carbocycles. The fourth-order valence-electron chi connectivity index (χ4n) is 2.39. The predicted molar refractivity (Wildman–Crippen MR) is 82.0 cm³/mol. The molecule has 0 bridgehead atoms. The van der Waals surface area contributed by atoms with Crippen LogP contribution < -0.4 is 0 Å². The Bertz CT molecular complexity index is 645. The fraction of sp³-hybridized carbons (Fsp3) is 0.118. The minimum Gasteiger partial charge on any atom is -0.337 e. The SMILES string of the molecule is Clc1ccc(C(Cn2ccnc2)c2ccccc2)cc1. The molecule has 0 N–H and O–H groups in total. The minimum atomic E-state index is 0.294. The van der Waals surface area contributed by atoms with Gasteiger partial charge in [0.2, 0.25) is 0 Å². The van der Waals surface area contributed by atoms with Gasteiger partial charge in [-0.25, -0.2) is 4.98 Å². The van der Waals surface area contributed by atoms with E-state index in [2.05, 4.69) is 45.9 Å². The molecule has 3 rings (SSSR count). The normalized spacial score (nSPS) is 12.2. The zero-order chi connectivity index (χ0) is 13.8. The van der Waals surface area contributed by atoms with Gasteiger partial charge >= 0.3 is 0 Å². The first-order valence-corrected chi connectivity index (χ1v) is 6.97. The Kier molecular flexibility index (Phi) is 3.84. The lowest BCUT2D eigenvalue weighted by molar-refractivity contribution is 0.623. The van der Waals surface area contributed by atoms with Gasteiger partial charge in [0.05, 0.1) is 6.33 Å². The number of nitrogens with zero attached hydrogens (tertiary/aromatic N) is 2. The number of aromatic nitrogens is 2. The first-order chi connectivity index (χ1) is 9.83. The van der Waals surface area contributed by atoms with E-state index in [1.165, 1.54) is 11.1 Å². The van der Waals surface area contributed by atoms with Gasteiger partial charge in [-0.15, -0.1) is 0 Å². The van der Waals surface area contributed by atoms with Crippen molar-refractivity contribution >= 4 is 11.6 Å². The van der Waals surface area contributed by atoms with E-state index in [4.69, 9.17) is 11.6 Å². The molecular weight excluding hydrogens is 268 g/mol. The van der Waals surface area contributed by atoms with Crippen molar-refractivity contribution in [2.45, 2.75) is 12.5 Å². The summed E-state index contributed by atoms with van der Waals surface area (Å²) in [5.74, 6) is 0.294. The molecule has 1 heterocycles. The van der Waals surface area contributed by atoms with Crippen LogP contribution in [0.4, 0.5) is 0 Å². The molecule has 2 nitrogen and oxygen atoms in total. The molecule has 1 unspecified atom stereocenters. The number of hydrogen-bond donors (Lipinski definition) is 0. The Labute approximate surface area is 123 Å². The maximum absolute atomic E-state index is 5.99. The maximum atomic E-state index is 5.99.